The molecule has 0 spiro atoms. The number of guanidine groups is 1. The van der Waals surface area contributed by atoms with Crippen LogP contribution >= 0.6 is 24.0 Å². The molecule has 0 unspecified atom stereocenters. The fourth-order valence-electron chi connectivity index (χ4n) is 4.09. The number of carbonyl (C=O) groups is 1. The van der Waals surface area contributed by atoms with Gasteiger partial charge >= 0.3 is 6.09 Å². The van der Waals surface area contributed by atoms with Crippen molar-refractivity contribution < 1.29 is 9.53 Å². The van der Waals surface area contributed by atoms with Crippen molar-refractivity contribution in [3.8, 4) is 0 Å². The summed E-state index contributed by atoms with van der Waals surface area (Å²) in [5.41, 5.74) is -0.465. The lowest BCUT2D eigenvalue weighted by atomic mass is 10.0. The number of ether oxygens (including phenoxy) is 1. The number of nitrogens with one attached hydrogen (secondary N) is 1. The molecule has 0 radical (unpaired) electrons. The molecule has 2 aliphatic rings. The van der Waals surface area contributed by atoms with E-state index in [2.05, 4.69) is 38.8 Å². The second-order valence-corrected chi connectivity index (χ2v) is 9.82. The predicted molar refractivity (Wildman–Crippen MR) is 141 cm³/mol. The third-order valence-electron chi connectivity index (χ3n) is 5.93. The van der Waals surface area contributed by atoms with Gasteiger partial charge < -0.3 is 24.4 Å². The van der Waals surface area contributed by atoms with Crippen LogP contribution in [0, 0.1) is 5.92 Å². The lowest BCUT2D eigenvalue weighted by molar-refractivity contribution is 0.00928. The minimum absolute atomic E-state index is 0. The predicted octanol–water partition coefficient (Wildman–Crippen LogP) is 3.54. The molecule has 1 saturated heterocycles. The number of amides is 1. The molecule has 0 atom stereocenters. The highest BCUT2D eigenvalue weighted by Gasteiger charge is 2.35. The number of likely N-dealkylation sites (tertiary alicyclic amines) is 1. The van der Waals surface area contributed by atoms with Gasteiger partial charge in [0.05, 0.1) is 6.54 Å². The van der Waals surface area contributed by atoms with Crippen molar-refractivity contribution in [3.63, 3.8) is 0 Å². The number of carbonyl (C=O) groups excluding carboxylic acids is 1. The molecule has 1 aliphatic carbocycles. The van der Waals surface area contributed by atoms with Gasteiger partial charge in [-0.15, -0.1) is 34.2 Å². The molecule has 10 heteroatoms. The van der Waals surface area contributed by atoms with Crippen molar-refractivity contribution in [1.82, 2.24) is 29.9 Å². The molecule has 33 heavy (non-hydrogen) atoms. The molecule has 0 aromatic carbocycles. The summed E-state index contributed by atoms with van der Waals surface area (Å²) in [6.45, 7) is 14.9. The SMILES string of the molecule is CCNC(=NCCn1cnnc1CC)N1CCC(N(CC2CC2)C(=O)OC(C)(C)C)CC1.I. The van der Waals surface area contributed by atoms with E-state index in [0.29, 0.717) is 12.5 Å². The first-order valence-electron chi connectivity index (χ1n) is 12.2. The number of halogens is 1. The second-order valence-electron chi connectivity index (χ2n) is 9.82. The first-order valence-corrected chi connectivity index (χ1v) is 12.2. The number of aromatic nitrogens is 3. The molecular formula is C23H42IN7O2. The zero-order chi connectivity index (χ0) is 23.1. The van der Waals surface area contributed by atoms with E-state index in [4.69, 9.17) is 9.73 Å². The van der Waals surface area contributed by atoms with Gasteiger partial charge in [-0.25, -0.2) is 4.79 Å². The number of hydrogen-bond donors (Lipinski definition) is 1. The molecule has 2 fully saturated rings. The molecule has 0 bridgehead atoms. The number of aliphatic imine (C=N–C) groups is 1. The number of nitrogens with zero attached hydrogens (tertiary/aromatic N) is 6. The maximum absolute atomic E-state index is 12.9. The van der Waals surface area contributed by atoms with Crippen LogP contribution in [0.1, 0.15) is 66.1 Å². The molecule has 188 valence electrons. The van der Waals surface area contributed by atoms with Crippen molar-refractivity contribution in [2.24, 2.45) is 10.9 Å². The van der Waals surface area contributed by atoms with Crippen molar-refractivity contribution in [1.29, 1.82) is 0 Å². The van der Waals surface area contributed by atoms with E-state index >= 15 is 0 Å². The summed E-state index contributed by atoms with van der Waals surface area (Å²) in [7, 11) is 0. The van der Waals surface area contributed by atoms with Crippen LogP contribution in [-0.2, 0) is 17.7 Å². The first-order chi connectivity index (χ1) is 15.3. The third-order valence-corrected chi connectivity index (χ3v) is 5.93. The molecule has 1 saturated carbocycles. The van der Waals surface area contributed by atoms with Gasteiger partial charge in [0.15, 0.2) is 5.96 Å². The molecule has 9 nitrogen and oxygen atoms in total. The van der Waals surface area contributed by atoms with Crippen molar-refractivity contribution in [2.75, 3.05) is 32.7 Å². The van der Waals surface area contributed by atoms with E-state index in [9.17, 15) is 4.79 Å². The van der Waals surface area contributed by atoms with Crippen LogP contribution in [0.4, 0.5) is 4.79 Å². The van der Waals surface area contributed by atoms with E-state index in [1.165, 1.54) is 12.8 Å². The third kappa shape index (κ3) is 8.60. The fourth-order valence-corrected chi connectivity index (χ4v) is 4.09. The molecule has 1 N–H and O–H groups in total. The summed E-state index contributed by atoms with van der Waals surface area (Å²) in [5, 5.41) is 11.6. The maximum atomic E-state index is 12.9. The van der Waals surface area contributed by atoms with Gasteiger partial charge in [-0.05, 0) is 59.3 Å². The van der Waals surface area contributed by atoms with Crippen molar-refractivity contribution in [2.45, 2.75) is 84.9 Å². The van der Waals surface area contributed by atoms with Crippen LogP contribution in [0.15, 0.2) is 11.3 Å². The number of piperidine rings is 1. The lowest BCUT2D eigenvalue weighted by Crippen LogP contribution is -2.52. The lowest BCUT2D eigenvalue weighted by Gasteiger charge is -2.40. The molecule has 3 rings (SSSR count). The Morgan fingerprint density at radius 3 is 2.52 bits per heavy atom. The Hall–Kier alpha value is -1.59. The van der Waals surface area contributed by atoms with Crippen molar-refractivity contribution in [3.05, 3.63) is 12.2 Å². The Kier molecular flexibility index (Phi) is 10.7. The van der Waals surface area contributed by atoms with E-state index < -0.39 is 5.60 Å². The molecule has 1 aromatic heterocycles. The molecule has 1 aromatic rings. The highest BCUT2D eigenvalue weighted by Crippen LogP contribution is 2.32. The number of rotatable bonds is 8. The van der Waals surface area contributed by atoms with Crippen LogP contribution in [0.3, 0.4) is 0 Å². The Balaban J connectivity index is 0.00000385. The highest BCUT2D eigenvalue weighted by molar-refractivity contribution is 14.0. The summed E-state index contributed by atoms with van der Waals surface area (Å²) in [4.78, 5) is 22.1. The van der Waals surface area contributed by atoms with Gasteiger partial charge in [0.2, 0.25) is 0 Å². The molecule has 2 heterocycles. The summed E-state index contributed by atoms with van der Waals surface area (Å²) in [5.74, 6) is 2.58. The minimum atomic E-state index is -0.465. The molecule has 1 aliphatic heterocycles. The largest absolute Gasteiger partial charge is 0.444 e. The zero-order valence-corrected chi connectivity index (χ0v) is 23.2. The smallest absolute Gasteiger partial charge is 0.410 e. The fraction of sp³-hybridized carbons (Fsp3) is 0.826. The Morgan fingerprint density at radius 1 is 1.24 bits per heavy atom. The topological polar surface area (TPSA) is 87.9 Å². The number of aryl methyl sites for hydroxylation is 1. The van der Waals surface area contributed by atoms with Gasteiger partial charge in [0.1, 0.15) is 17.8 Å². The summed E-state index contributed by atoms with van der Waals surface area (Å²) in [6, 6.07) is 0.230. The summed E-state index contributed by atoms with van der Waals surface area (Å²) >= 11 is 0. The monoisotopic (exact) mass is 575 g/mol. The second kappa shape index (κ2) is 12.8. The van der Waals surface area contributed by atoms with E-state index in [0.717, 1.165) is 63.8 Å². The average Bonchev–Trinajstić information content (AvgIpc) is 3.46. The molecule has 1 amide bonds. The minimum Gasteiger partial charge on any atom is -0.444 e. The van der Waals surface area contributed by atoms with Crippen molar-refractivity contribution >= 4 is 36.0 Å². The first kappa shape index (κ1) is 27.7. The zero-order valence-electron chi connectivity index (χ0n) is 20.9. The van der Waals surface area contributed by atoms with Gasteiger partial charge in [-0.2, -0.15) is 0 Å². The van der Waals surface area contributed by atoms with Crippen LogP contribution in [0.25, 0.3) is 0 Å². The van der Waals surface area contributed by atoms with E-state index in [1.807, 2.05) is 25.7 Å². The van der Waals surface area contributed by atoms with Crippen LogP contribution < -0.4 is 5.32 Å². The van der Waals surface area contributed by atoms with Gasteiger partial charge in [0.25, 0.3) is 0 Å². The van der Waals surface area contributed by atoms with Gasteiger partial charge in [-0.3, -0.25) is 4.99 Å². The highest BCUT2D eigenvalue weighted by atomic mass is 127. The summed E-state index contributed by atoms with van der Waals surface area (Å²) < 4.78 is 7.79. The maximum Gasteiger partial charge on any atom is 0.410 e. The average molecular weight is 576 g/mol. The van der Waals surface area contributed by atoms with Gasteiger partial charge in [-0.1, -0.05) is 6.92 Å². The quantitative estimate of drug-likeness (QED) is 0.290. The van der Waals surface area contributed by atoms with E-state index in [-0.39, 0.29) is 36.1 Å². The number of hydrogen-bond acceptors (Lipinski definition) is 5. The Labute approximate surface area is 215 Å². The van der Waals surface area contributed by atoms with Gasteiger partial charge in [0, 0.05) is 45.2 Å². The van der Waals surface area contributed by atoms with Crippen LogP contribution in [-0.4, -0.2) is 81.0 Å². The standard InChI is InChI=1S/C23H41N7O2.HI/c1-6-20-27-26-17-29(20)15-12-25-21(24-7-2)28-13-10-19(11-14-28)30(16-18-8-9-18)22(31)32-23(3,4)5;/h17-19H,6-16H2,1-5H3,(H,24,25);1H. The van der Waals surface area contributed by atoms with E-state index in [1.54, 1.807) is 6.33 Å². The van der Waals surface area contributed by atoms with Crippen LogP contribution in [0.5, 0.6) is 0 Å². The normalized spacial score (nSPS) is 17.5. The summed E-state index contributed by atoms with van der Waals surface area (Å²) in [6.07, 6.45) is 6.79. The Bertz CT molecular complexity index is 765. The molecular weight excluding hydrogens is 533 g/mol. The van der Waals surface area contributed by atoms with Crippen LogP contribution in [0.2, 0.25) is 0 Å². The Morgan fingerprint density at radius 2 is 1.94 bits per heavy atom.